The van der Waals surface area contributed by atoms with Gasteiger partial charge in [0, 0.05) is 0 Å². The van der Waals surface area contributed by atoms with Gasteiger partial charge in [0.15, 0.2) is 4.34 Å². The van der Waals surface area contributed by atoms with Gasteiger partial charge in [-0.05, 0) is 61.6 Å². The van der Waals surface area contributed by atoms with Gasteiger partial charge in [-0.2, -0.15) is 0 Å². The van der Waals surface area contributed by atoms with Gasteiger partial charge in [0.25, 0.3) is 10.0 Å². The lowest BCUT2D eigenvalue weighted by Crippen LogP contribution is -2.13. The van der Waals surface area contributed by atoms with Gasteiger partial charge in [0.1, 0.15) is 0 Å². The summed E-state index contributed by atoms with van der Waals surface area (Å²) < 4.78 is 29.7. The summed E-state index contributed by atoms with van der Waals surface area (Å²) in [5.41, 5.74) is 3.28. The number of rotatable bonds is 4. The number of hydrogen-bond donors (Lipinski definition) is 1. The van der Waals surface area contributed by atoms with Crippen molar-refractivity contribution in [3.05, 3.63) is 47.5 Å². The van der Waals surface area contributed by atoms with Gasteiger partial charge < -0.3 is 0 Å². The molecular formula is C16H16N2O2S3. The highest BCUT2D eigenvalue weighted by Gasteiger charge is 2.15. The SMILES string of the molecule is CSc1nc2ccc(NS(=O)(=O)c3cc(C)cc(C)c3)cc2s1. The molecule has 0 aliphatic carbocycles. The topological polar surface area (TPSA) is 59.1 Å². The van der Waals surface area contributed by atoms with Crippen molar-refractivity contribution in [3.63, 3.8) is 0 Å². The molecule has 4 nitrogen and oxygen atoms in total. The van der Waals surface area contributed by atoms with Crippen LogP contribution in [-0.4, -0.2) is 19.7 Å². The molecular weight excluding hydrogens is 348 g/mol. The number of sulfonamides is 1. The fourth-order valence-electron chi connectivity index (χ4n) is 2.36. The number of nitrogens with zero attached hydrogens (tertiary/aromatic N) is 1. The average molecular weight is 365 g/mol. The first-order valence-corrected chi connectivity index (χ1v) is 10.5. The Morgan fingerprint density at radius 1 is 1.09 bits per heavy atom. The highest BCUT2D eigenvalue weighted by Crippen LogP contribution is 2.30. The third-order valence-corrected chi connectivity index (χ3v) is 6.67. The van der Waals surface area contributed by atoms with Crippen LogP contribution in [0.3, 0.4) is 0 Å². The summed E-state index contributed by atoms with van der Waals surface area (Å²) in [4.78, 5) is 4.74. The number of aromatic nitrogens is 1. The van der Waals surface area contributed by atoms with Crippen LogP contribution in [0.4, 0.5) is 5.69 Å². The quantitative estimate of drug-likeness (QED) is 0.696. The summed E-state index contributed by atoms with van der Waals surface area (Å²) in [6.07, 6.45) is 1.97. The van der Waals surface area contributed by atoms with Crippen LogP contribution in [-0.2, 0) is 10.0 Å². The zero-order valence-electron chi connectivity index (χ0n) is 13.0. The molecule has 1 N–H and O–H groups in total. The maximum absolute atomic E-state index is 12.6. The maximum Gasteiger partial charge on any atom is 0.261 e. The van der Waals surface area contributed by atoms with Gasteiger partial charge in [0.05, 0.1) is 20.8 Å². The van der Waals surface area contributed by atoms with E-state index in [9.17, 15) is 8.42 Å². The summed E-state index contributed by atoms with van der Waals surface area (Å²) >= 11 is 3.14. The fraction of sp³-hybridized carbons (Fsp3) is 0.188. The summed E-state index contributed by atoms with van der Waals surface area (Å²) in [6.45, 7) is 3.78. The zero-order valence-corrected chi connectivity index (χ0v) is 15.4. The maximum atomic E-state index is 12.6. The molecule has 0 radical (unpaired) electrons. The zero-order chi connectivity index (χ0) is 16.6. The Kier molecular flexibility index (Phi) is 4.35. The second kappa shape index (κ2) is 6.14. The lowest BCUT2D eigenvalue weighted by Gasteiger charge is -2.09. The molecule has 1 aromatic heterocycles. The first-order valence-electron chi connectivity index (χ1n) is 6.93. The molecule has 0 aliphatic rings. The number of benzene rings is 2. The Morgan fingerprint density at radius 2 is 1.78 bits per heavy atom. The van der Waals surface area contributed by atoms with E-state index in [2.05, 4.69) is 9.71 Å². The Balaban J connectivity index is 1.96. The number of hydrogen-bond acceptors (Lipinski definition) is 5. The van der Waals surface area contributed by atoms with Crippen molar-refractivity contribution in [2.24, 2.45) is 0 Å². The van der Waals surface area contributed by atoms with Gasteiger partial charge in [-0.1, -0.05) is 17.8 Å². The second-order valence-corrected chi connectivity index (χ2v) is 9.06. The van der Waals surface area contributed by atoms with Gasteiger partial charge in [-0.15, -0.1) is 11.3 Å². The molecule has 2 aromatic carbocycles. The van der Waals surface area contributed by atoms with E-state index >= 15 is 0 Å². The lowest BCUT2D eigenvalue weighted by atomic mass is 10.2. The van der Waals surface area contributed by atoms with Crippen molar-refractivity contribution in [2.75, 3.05) is 11.0 Å². The molecule has 0 spiro atoms. The number of fused-ring (bicyclic) bond motifs is 1. The normalized spacial score (nSPS) is 11.8. The molecule has 0 saturated carbocycles. The van der Waals surface area contributed by atoms with Crippen molar-refractivity contribution in [2.45, 2.75) is 23.1 Å². The molecule has 0 unspecified atom stereocenters. The summed E-state index contributed by atoms with van der Waals surface area (Å²) in [5, 5.41) is 0. The van der Waals surface area contributed by atoms with Gasteiger partial charge in [0.2, 0.25) is 0 Å². The third kappa shape index (κ3) is 3.52. The smallest absolute Gasteiger partial charge is 0.261 e. The lowest BCUT2D eigenvalue weighted by molar-refractivity contribution is 0.601. The van der Waals surface area contributed by atoms with Crippen LogP contribution < -0.4 is 4.72 Å². The van der Waals surface area contributed by atoms with Crippen molar-refractivity contribution >= 4 is 49.0 Å². The molecule has 0 fully saturated rings. The first kappa shape index (κ1) is 16.3. The Hall–Kier alpha value is -1.57. The minimum Gasteiger partial charge on any atom is -0.280 e. The van der Waals surface area contributed by atoms with E-state index in [0.29, 0.717) is 5.69 Å². The van der Waals surface area contributed by atoms with E-state index in [1.165, 1.54) is 0 Å². The Bertz CT molecular complexity index is 958. The predicted octanol–water partition coefficient (Wildman–Crippen LogP) is 4.44. The molecule has 0 saturated heterocycles. The van der Waals surface area contributed by atoms with E-state index in [0.717, 1.165) is 25.7 Å². The summed E-state index contributed by atoms with van der Waals surface area (Å²) in [5.74, 6) is 0. The van der Waals surface area contributed by atoms with E-state index in [1.807, 2.05) is 38.3 Å². The fourth-order valence-corrected chi connectivity index (χ4v) is 5.12. The molecule has 120 valence electrons. The van der Waals surface area contributed by atoms with Crippen LogP contribution in [0.15, 0.2) is 45.6 Å². The minimum absolute atomic E-state index is 0.282. The van der Waals surface area contributed by atoms with Crippen LogP contribution in [0.25, 0.3) is 10.2 Å². The van der Waals surface area contributed by atoms with Crippen LogP contribution in [0.2, 0.25) is 0 Å². The molecule has 23 heavy (non-hydrogen) atoms. The van der Waals surface area contributed by atoms with Crippen LogP contribution in [0.1, 0.15) is 11.1 Å². The monoisotopic (exact) mass is 364 g/mol. The van der Waals surface area contributed by atoms with Gasteiger partial charge >= 0.3 is 0 Å². The van der Waals surface area contributed by atoms with E-state index in [-0.39, 0.29) is 4.90 Å². The van der Waals surface area contributed by atoms with Crippen molar-refractivity contribution < 1.29 is 8.42 Å². The van der Waals surface area contributed by atoms with Gasteiger partial charge in [-0.25, -0.2) is 13.4 Å². The van der Waals surface area contributed by atoms with Crippen LogP contribution in [0.5, 0.6) is 0 Å². The second-order valence-electron chi connectivity index (χ2n) is 5.30. The summed E-state index contributed by atoms with van der Waals surface area (Å²) in [6, 6.07) is 10.7. The summed E-state index contributed by atoms with van der Waals surface area (Å²) in [7, 11) is -3.60. The molecule has 3 rings (SSSR count). The highest BCUT2D eigenvalue weighted by atomic mass is 32.2. The number of thioether (sulfide) groups is 1. The van der Waals surface area contributed by atoms with Crippen LogP contribution in [0, 0.1) is 13.8 Å². The van der Waals surface area contributed by atoms with Crippen molar-refractivity contribution in [1.82, 2.24) is 4.98 Å². The largest absolute Gasteiger partial charge is 0.280 e. The molecule has 3 aromatic rings. The Labute approximate surface area is 144 Å². The molecule has 0 amide bonds. The predicted molar refractivity (Wildman–Crippen MR) is 98.1 cm³/mol. The van der Waals surface area contributed by atoms with Crippen molar-refractivity contribution in [1.29, 1.82) is 0 Å². The minimum atomic E-state index is -3.60. The number of aryl methyl sites for hydroxylation is 2. The molecule has 1 heterocycles. The van der Waals surface area contributed by atoms with Crippen molar-refractivity contribution in [3.8, 4) is 0 Å². The van der Waals surface area contributed by atoms with Gasteiger partial charge in [-0.3, -0.25) is 4.72 Å². The van der Waals surface area contributed by atoms with Crippen LogP contribution >= 0.6 is 23.1 Å². The molecule has 0 atom stereocenters. The molecule has 0 bridgehead atoms. The molecule has 0 aliphatic heterocycles. The highest BCUT2D eigenvalue weighted by molar-refractivity contribution is 8.00. The van der Waals surface area contributed by atoms with E-state index in [4.69, 9.17) is 0 Å². The Morgan fingerprint density at radius 3 is 2.43 bits per heavy atom. The average Bonchev–Trinajstić information content (AvgIpc) is 2.88. The number of nitrogens with one attached hydrogen (secondary N) is 1. The molecule has 7 heteroatoms. The number of anilines is 1. The first-order chi connectivity index (χ1) is 10.9. The van der Waals surface area contributed by atoms with E-state index < -0.39 is 10.0 Å². The standard InChI is InChI=1S/C16H16N2O2S3/c1-10-6-11(2)8-13(7-10)23(19,20)18-12-4-5-14-15(9-12)22-16(17-14)21-3/h4-9,18H,1-3H3. The third-order valence-electron chi connectivity index (χ3n) is 3.30. The van der Waals surface area contributed by atoms with E-state index in [1.54, 1.807) is 41.3 Å². The number of thiazole rings is 1.